The Morgan fingerprint density at radius 2 is 1.47 bits per heavy atom. The van der Waals surface area contributed by atoms with E-state index < -0.39 is 0 Å². The highest BCUT2D eigenvalue weighted by Crippen LogP contribution is 2.39. The van der Waals surface area contributed by atoms with Crippen molar-refractivity contribution in [3.05, 3.63) is 0 Å². The molecule has 0 aromatic carbocycles. The summed E-state index contributed by atoms with van der Waals surface area (Å²) >= 11 is 0. The molecule has 0 aromatic heterocycles. The first kappa shape index (κ1) is 11.2. The molecule has 0 bridgehead atoms. The number of hydrogen-bond acceptors (Lipinski definition) is 1. The van der Waals surface area contributed by atoms with Crippen molar-refractivity contribution in [1.29, 1.82) is 0 Å². The van der Waals surface area contributed by atoms with Crippen LogP contribution in [0.25, 0.3) is 0 Å². The Morgan fingerprint density at radius 1 is 0.933 bits per heavy atom. The molecule has 0 saturated heterocycles. The van der Waals surface area contributed by atoms with E-state index in [-0.39, 0.29) is 0 Å². The highest BCUT2D eigenvalue weighted by molar-refractivity contribution is 5.79. The van der Waals surface area contributed by atoms with Crippen molar-refractivity contribution in [2.24, 2.45) is 17.8 Å². The van der Waals surface area contributed by atoms with Gasteiger partial charge in [-0.1, -0.05) is 26.2 Å². The Hall–Kier alpha value is -0.330. The Balaban J connectivity index is 1.78. The molecular formula is C14H24O. The number of carbonyl (C=O) groups excluding carboxylic acids is 1. The van der Waals surface area contributed by atoms with Gasteiger partial charge in [-0.05, 0) is 43.4 Å². The second-order valence-electron chi connectivity index (χ2n) is 5.57. The molecule has 1 nitrogen and oxygen atoms in total. The number of hydrogen-bond donors (Lipinski definition) is 0. The van der Waals surface area contributed by atoms with Crippen molar-refractivity contribution in [2.45, 2.75) is 64.7 Å². The van der Waals surface area contributed by atoms with E-state index in [0.29, 0.717) is 5.78 Å². The Bertz CT molecular complexity index is 203. The van der Waals surface area contributed by atoms with Crippen LogP contribution in [0.2, 0.25) is 0 Å². The minimum absolute atomic E-state index is 0.508. The molecule has 15 heavy (non-hydrogen) atoms. The van der Waals surface area contributed by atoms with Gasteiger partial charge >= 0.3 is 0 Å². The number of rotatable bonds is 2. The molecule has 1 heteroatoms. The highest BCUT2D eigenvalue weighted by atomic mass is 16.1. The standard InChI is InChI=1S/C14H24O/c1-2-11-3-5-12(6-4-11)13-7-9-14(15)10-8-13/h11-13H,2-10H2,1H3/t11-,12-. The second-order valence-corrected chi connectivity index (χ2v) is 5.57. The lowest BCUT2D eigenvalue weighted by Crippen LogP contribution is -2.25. The van der Waals surface area contributed by atoms with Gasteiger partial charge in [-0.15, -0.1) is 0 Å². The first-order valence-electron chi connectivity index (χ1n) is 6.81. The topological polar surface area (TPSA) is 17.1 Å². The third-order valence-corrected chi connectivity index (χ3v) is 4.72. The van der Waals surface area contributed by atoms with Crippen LogP contribution in [0.15, 0.2) is 0 Å². The lowest BCUT2D eigenvalue weighted by Gasteiger charge is -2.35. The molecule has 0 spiro atoms. The maximum Gasteiger partial charge on any atom is 0.132 e. The number of Topliss-reactive ketones (excluding diaryl/α,β-unsaturated/α-hetero) is 1. The first-order chi connectivity index (χ1) is 7.29. The Labute approximate surface area is 93.6 Å². The van der Waals surface area contributed by atoms with E-state index >= 15 is 0 Å². The Kier molecular flexibility index (Phi) is 3.82. The van der Waals surface area contributed by atoms with Crippen molar-refractivity contribution in [3.8, 4) is 0 Å². The molecule has 0 radical (unpaired) electrons. The van der Waals surface area contributed by atoms with Crippen LogP contribution in [0.4, 0.5) is 0 Å². The molecule has 0 atom stereocenters. The molecule has 0 unspecified atom stereocenters. The number of ketones is 1. The fraction of sp³-hybridized carbons (Fsp3) is 0.929. The van der Waals surface area contributed by atoms with Crippen LogP contribution >= 0.6 is 0 Å². The van der Waals surface area contributed by atoms with Crippen molar-refractivity contribution in [1.82, 2.24) is 0 Å². The van der Waals surface area contributed by atoms with Gasteiger partial charge in [0.05, 0.1) is 0 Å². The van der Waals surface area contributed by atoms with E-state index in [1.165, 1.54) is 44.9 Å². The van der Waals surface area contributed by atoms with E-state index in [4.69, 9.17) is 0 Å². The molecule has 2 fully saturated rings. The SMILES string of the molecule is CC[C@H]1CC[C@H](C2CCC(=O)CC2)CC1. The van der Waals surface area contributed by atoms with Crippen molar-refractivity contribution >= 4 is 5.78 Å². The van der Waals surface area contributed by atoms with Crippen LogP contribution in [0.5, 0.6) is 0 Å². The van der Waals surface area contributed by atoms with E-state index in [1.54, 1.807) is 0 Å². The van der Waals surface area contributed by atoms with Crippen LogP contribution in [-0.4, -0.2) is 5.78 Å². The van der Waals surface area contributed by atoms with Crippen LogP contribution in [0.3, 0.4) is 0 Å². The van der Waals surface area contributed by atoms with Crippen LogP contribution in [-0.2, 0) is 4.79 Å². The van der Waals surface area contributed by atoms with E-state index in [9.17, 15) is 4.79 Å². The normalized spacial score (nSPS) is 34.3. The molecule has 0 amide bonds. The van der Waals surface area contributed by atoms with E-state index in [1.807, 2.05) is 0 Å². The summed E-state index contributed by atoms with van der Waals surface area (Å²) < 4.78 is 0. The molecule has 0 N–H and O–H groups in total. The van der Waals surface area contributed by atoms with Crippen molar-refractivity contribution in [3.63, 3.8) is 0 Å². The zero-order valence-electron chi connectivity index (χ0n) is 10.0. The summed E-state index contributed by atoms with van der Waals surface area (Å²) in [6, 6.07) is 0. The molecule has 0 aliphatic heterocycles. The minimum Gasteiger partial charge on any atom is -0.300 e. The van der Waals surface area contributed by atoms with Gasteiger partial charge in [-0.3, -0.25) is 4.79 Å². The fourth-order valence-corrected chi connectivity index (χ4v) is 3.50. The smallest absolute Gasteiger partial charge is 0.132 e. The highest BCUT2D eigenvalue weighted by Gasteiger charge is 2.29. The average Bonchev–Trinajstić information content (AvgIpc) is 2.30. The lowest BCUT2D eigenvalue weighted by atomic mass is 9.70. The predicted octanol–water partition coefficient (Wildman–Crippen LogP) is 3.96. The summed E-state index contributed by atoms with van der Waals surface area (Å²) in [6.07, 6.45) is 11.3. The zero-order valence-corrected chi connectivity index (χ0v) is 10.0. The summed E-state index contributed by atoms with van der Waals surface area (Å²) in [5, 5.41) is 0. The first-order valence-corrected chi connectivity index (χ1v) is 6.81. The Morgan fingerprint density at radius 3 is 2.00 bits per heavy atom. The van der Waals surface area contributed by atoms with Gasteiger partial charge in [0, 0.05) is 12.8 Å². The largest absolute Gasteiger partial charge is 0.300 e. The molecule has 0 aromatic rings. The molecule has 2 saturated carbocycles. The van der Waals surface area contributed by atoms with Crippen LogP contribution < -0.4 is 0 Å². The maximum atomic E-state index is 11.2. The van der Waals surface area contributed by atoms with Crippen LogP contribution in [0, 0.1) is 17.8 Å². The number of carbonyl (C=O) groups is 1. The molecular weight excluding hydrogens is 184 g/mol. The summed E-state index contributed by atoms with van der Waals surface area (Å²) in [6.45, 7) is 2.32. The lowest BCUT2D eigenvalue weighted by molar-refractivity contribution is -0.121. The maximum absolute atomic E-state index is 11.2. The quantitative estimate of drug-likeness (QED) is 0.671. The molecule has 0 heterocycles. The van der Waals surface area contributed by atoms with Gasteiger partial charge in [0.15, 0.2) is 0 Å². The minimum atomic E-state index is 0.508. The van der Waals surface area contributed by atoms with Crippen molar-refractivity contribution in [2.75, 3.05) is 0 Å². The molecule has 86 valence electrons. The van der Waals surface area contributed by atoms with Gasteiger partial charge < -0.3 is 0 Å². The zero-order chi connectivity index (χ0) is 10.7. The molecule has 2 aliphatic rings. The molecule has 2 rings (SSSR count). The van der Waals surface area contributed by atoms with Crippen LogP contribution in [0.1, 0.15) is 64.7 Å². The fourth-order valence-electron chi connectivity index (χ4n) is 3.50. The van der Waals surface area contributed by atoms with Gasteiger partial charge in [-0.2, -0.15) is 0 Å². The summed E-state index contributed by atoms with van der Waals surface area (Å²) in [4.78, 5) is 11.2. The third kappa shape index (κ3) is 2.83. The summed E-state index contributed by atoms with van der Waals surface area (Å²) in [5.41, 5.74) is 0. The van der Waals surface area contributed by atoms with Gasteiger partial charge in [0.25, 0.3) is 0 Å². The van der Waals surface area contributed by atoms with E-state index in [2.05, 4.69) is 6.92 Å². The summed E-state index contributed by atoms with van der Waals surface area (Å²) in [5.74, 6) is 3.36. The predicted molar refractivity (Wildman–Crippen MR) is 62.7 cm³/mol. The van der Waals surface area contributed by atoms with Gasteiger partial charge in [-0.25, -0.2) is 0 Å². The van der Waals surface area contributed by atoms with Gasteiger partial charge in [0.1, 0.15) is 5.78 Å². The van der Waals surface area contributed by atoms with Gasteiger partial charge in [0.2, 0.25) is 0 Å². The summed E-state index contributed by atoms with van der Waals surface area (Å²) in [7, 11) is 0. The second kappa shape index (κ2) is 5.14. The third-order valence-electron chi connectivity index (χ3n) is 4.72. The van der Waals surface area contributed by atoms with Crippen molar-refractivity contribution < 1.29 is 4.79 Å². The average molecular weight is 208 g/mol. The monoisotopic (exact) mass is 208 g/mol. The molecule has 2 aliphatic carbocycles. The van der Waals surface area contributed by atoms with E-state index in [0.717, 1.165) is 30.6 Å².